The van der Waals surface area contributed by atoms with E-state index in [9.17, 15) is 0 Å². The van der Waals surface area contributed by atoms with Gasteiger partial charge in [-0.3, -0.25) is 0 Å². The van der Waals surface area contributed by atoms with Crippen molar-refractivity contribution in [2.24, 2.45) is 5.92 Å². The SMILES string of the molecule is Cc1nc2ccccc2nc1NCC(Cl)CC(C)C. The summed E-state index contributed by atoms with van der Waals surface area (Å²) in [4.78, 5) is 9.14. The van der Waals surface area contributed by atoms with E-state index in [2.05, 4.69) is 29.1 Å². The highest BCUT2D eigenvalue weighted by Crippen LogP contribution is 2.17. The molecule has 2 rings (SSSR count). The van der Waals surface area contributed by atoms with Crippen molar-refractivity contribution in [3.63, 3.8) is 0 Å². The first-order valence-electron chi connectivity index (χ1n) is 6.67. The number of benzene rings is 1. The second-order valence-electron chi connectivity index (χ2n) is 5.25. The molecule has 1 aromatic heterocycles. The van der Waals surface area contributed by atoms with Gasteiger partial charge in [0.05, 0.1) is 22.1 Å². The number of nitrogens with zero attached hydrogens (tertiary/aromatic N) is 2. The van der Waals surface area contributed by atoms with Crippen LogP contribution in [0.2, 0.25) is 0 Å². The molecule has 0 aliphatic heterocycles. The smallest absolute Gasteiger partial charge is 0.148 e. The van der Waals surface area contributed by atoms with E-state index in [-0.39, 0.29) is 5.38 Å². The predicted octanol–water partition coefficient (Wildman–Crippen LogP) is 4.00. The molecule has 1 unspecified atom stereocenters. The third-order valence-electron chi connectivity index (χ3n) is 2.96. The molecule has 0 bridgehead atoms. The molecule has 1 atom stereocenters. The van der Waals surface area contributed by atoms with Gasteiger partial charge in [0, 0.05) is 6.54 Å². The summed E-state index contributed by atoms with van der Waals surface area (Å²) >= 11 is 6.29. The van der Waals surface area contributed by atoms with Crippen LogP contribution < -0.4 is 5.32 Å². The van der Waals surface area contributed by atoms with Gasteiger partial charge in [-0.2, -0.15) is 0 Å². The molecule has 2 aromatic rings. The fraction of sp³-hybridized carbons (Fsp3) is 0.467. The van der Waals surface area contributed by atoms with E-state index in [1.165, 1.54) is 0 Å². The van der Waals surface area contributed by atoms with Gasteiger partial charge in [0.2, 0.25) is 0 Å². The molecule has 19 heavy (non-hydrogen) atoms. The van der Waals surface area contributed by atoms with Crippen molar-refractivity contribution in [3.05, 3.63) is 30.0 Å². The Morgan fingerprint density at radius 2 is 1.79 bits per heavy atom. The Balaban J connectivity index is 2.10. The highest BCUT2D eigenvalue weighted by atomic mass is 35.5. The van der Waals surface area contributed by atoms with Crippen molar-refractivity contribution < 1.29 is 0 Å². The summed E-state index contributed by atoms with van der Waals surface area (Å²) in [5, 5.41) is 3.42. The van der Waals surface area contributed by atoms with Crippen molar-refractivity contribution >= 4 is 28.5 Å². The summed E-state index contributed by atoms with van der Waals surface area (Å²) in [6.07, 6.45) is 0.995. The van der Waals surface area contributed by atoms with Crippen LogP contribution >= 0.6 is 11.6 Å². The Kier molecular flexibility index (Phi) is 4.59. The van der Waals surface area contributed by atoms with Crippen LogP contribution in [0.1, 0.15) is 26.0 Å². The van der Waals surface area contributed by atoms with Crippen LogP contribution in [-0.2, 0) is 0 Å². The van der Waals surface area contributed by atoms with Gasteiger partial charge >= 0.3 is 0 Å². The molecule has 0 radical (unpaired) electrons. The van der Waals surface area contributed by atoms with E-state index in [1.54, 1.807) is 0 Å². The maximum atomic E-state index is 6.29. The average Bonchev–Trinajstić information content (AvgIpc) is 2.35. The lowest BCUT2D eigenvalue weighted by molar-refractivity contribution is 0.572. The zero-order chi connectivity index (χ0) is 13.8. The van der Waals surface area contributed by atoms with E-state index >= 15 is 0 Å². The molecule has 0 aliphatic rings. The van der Waals surface area contributed by atoms with Crippen LogP contribution in [0.15, 0.2) is 24.3 Å². The maximum Gasteiger partial charge on any atom is 0.148 e. The van der Waals surface area contributed by atoms with E-state index in [0.717, 1.165) is 29.0 Å². The largest absolute Gasteiger partial charge is 0.367 e. The van der Waals surface area contributed by atoms with Gasteiger partial charge < -0.3 is 5.32 Å². The standard InChI is InChI=1S/C15H20ClN3/c1-10(2)8-12(16)9-17-15-11(3)18-13-6-4-5-7-14(13)19-15/h4-7,10,12H,8-9H2,1-3H3,(H,17,19). The number of halogens is 1. The number of aryl methyl sites for hydroxylation is 1. The lowest BCUT2D eigenvalue weighted by Gasteiger charge is -2.14. The molecule has 102 valence electrons. The quantitative estimate of drug-likeness (QED) is 0.840. The van der Waals surface area contributed by atoms with Crippen LogP contribution in [0.4, 0.5) is 5.82 Å². The fourth-order valence-electron chi connectivity index (χ4n) is 2.06. The number of aromatic nitrogens is 2. The zero-order valence-corrected chi connectivity index (χ0v) is 12.4. The van der Waals surface area contributed by atoms with Gasteiger partial charge in [-0.1, -0.05) is 26.0 Å². The van der Waals surface area contributed by atoms with E-state index < -0.39 is 0 Å². The van der Waals surface area contributed by atoms with Gasteiger partial charge in [0.15, 0.2) is 0 Å². The first kappa shape index (κ1) is 14.1. The number of anilines is 1. The van der Waals surface area contributed by atoms with Crippen LogP contribution in [0.3, 0.4) is 0 Å². The molecule has 0 saturated heterocycles. The van der Waals surface area contributed by atoms with Gasteiger partial charge in [-0.15, -0.1) is 11.6 Å². The molecule has 0 fully saturated rings. The van der Waals surface area contributed by atoms with Crippen molar-refractivity contribution in [3.8, 4) is 0 Å². The van der Waals surface area contributed by atoms with Crippen molar-refractivity contribution in [1.82, 2.24) is 9.97 Å². The molecular weight excluding hydrogens is 258 g/mol. The molecule has 4 heteroatoms. The summed E-state index contributed by atoms with van der Waals surface area (Å²) < 4.78 is 0. The molecule has 1 heterocycles. The molecule has 0 amide bonds. The highest BCUT2D eigenvalue weighted by Gasteiger charge is 2.09. The molecule has 0 saturated carbocycles. The number of para-hydroxylation sites is 2. The Labute approximate surface area is 119 Å². The van der Waals surface area contributed by atoms with Gasteiger partial charge in [0.25, 0.3) is 0 Å². The summed E-state index contributed by atoms with van der Waals surface area (Å²) in [6.45, 7) is 7.04. The summed E-state index contributed by atoms with van der Waals surface area (Å²) in [5.41, 5.74) is 2.74. The number of nitrogens with one attached hydrogen (secondary N) is 1. The first-order valence-corrected chi connectivity index (χ1v) is 7.11. The van der Waals surface area contributed by atoms with Crippen molar-refractivity contribution in [2.75, 3.05) is 11.9 Å². The first-order chi connectivity index (χ1) is 9.06. The van der Waals surface area contributed by atoms with E-state index in [0.29, 0.717) is 12.5 Å². The number of alkyl halides is 1. The minimum Gasteiger partial charge on any atom is -0.367 e. The third kappa shape index (κ3) is 3.80. The normalized spacial score (nSPS) is 12.9. The van der Waals surface area contributed by atoms with Gasteiger partial charge in [-0.25, -0.2) is 9.97 Å². The highest BCUT2D eigenvalue weighted by molar-refractivity contribution is 6.20. The average molecular weight is 278 g/mol. The zero-order valence-electron chi connectivity index (χ0n) is 11.7. The fourth-order valence-corrected chi connectivity index (χ4v) is 2.49. The maximum absolute atomic E-state index is 6.29. The Morgan fingerprint density at radius 1 is 1.16 bits per heavy atom. The summed E-state index contributed by atoms with van der Waals surface area (Å²) in [5.74, 6) is 1.43. The van der Waals surface area contributed by atoms with Gasteiger partial charge in [-0.05, 0) is 31.4 Å². The molecule has 1 N–H and O–H groups in total. The predicted molar refractivity (Wildman–Crippen MR) is 81.9 cm³/mol. The second kappa shape index (κ2) is 6.20. The number of fused-ring (bicyclic) bond motifs is 1. The van der Waals surface area contributed by atoms with E-state index in [4.69, 9.17) is 11.6 Å². The minimum atomic E-state index is 0.118. The van der Waals surface area contributed by atoms with Crippen LogP contribution in [-0.4, -0.2) is 21.9 Å². The monoisotopic (exact) mass is 277 g/mol. The van der Waals surface area contributed by atoms with Gasteiger partial charge in [0.1, 0.15) is 5.82 Å². The van der Waals surface area contributed by atoms with Crippen molar-refractivity contribution in [2.45, 2.75) is 32.6 Å². The molecule has 1 aromatic carbocycles. The minimum absolute atomic E-state index is 0.118. The summed E-state index contributed by atoms with van der Waals surface area (Å²) in [6, 6.07) is 7.89. The summed E-state index contributed by atoms with van der Waals surface area (Å²) in [7, 11) is 0. The second-order valence-corrected chi connectivity index (χ2v) is 5.87. The molecular formula is C15H20ClN3. The number of hydrogen-bond acceptors (Lipinski definition) is 3. The van der Waals surface area contributed by atoms with Crippen LogP contribution in [0.25, 0.3) is 11.0 Å². The number of rotatable bonds is 5. The van der Waals surface area contributed by atoms with E-state index in [1.807, 2.05) is 31.2 Å². The number of hydrogen-bond donors (Lipinski definition) is 1. The van der Waals surface area contributed by atoms with Crippen LogP contribution in [0, 0.1) is 12.8 Å². The molecule has 0 spiro atoms. The Morgan fingerprint density at radius 3 is 2.42 bits per heavy atom. The Bertz CT molecular complexity index is 554. The molecule has 0 aliphatic carbocycles. The lowest BCUT2D eigenvalue weighted by atomic mass is 10.1. The Hall–Kier alpha value is -1.35. The van der Waals surface area contributed by atoms with Crippen LogP contribution in [0.5, 0.6) is 0 Å². The lowest BCUT2D eigenvalue weighted by Crippen LogP contribution is -2.17. The topological polar surface area (TPSA) is 37.8 Å². The molecule has 3 nitrogen and oxygen atoms in total. The third-order valence-corrected chi connectivity index (χ3v) is 3.30. The van der Waals surface area contributed by atoms with Crippen molar-refractivity contribution in [1.29, 1.82) is 0 Å².